The largest absolute Gasteiger partial charge is 0.381 e. The molecule has 1 aliphatic heterocycles. The molecule has 1 amide bonds. The van der Waals surface area contributed by atoms with E-state index >= 15 is 0 Å². The molecule has 8 nitrogen and oxygen atoms in total. The number of carbonyl (C=O) groups is 1. The lowest BCUT2D eigenvalue weighted by Gasteiger charge is -2.23. The molecule has 0 unspecified atom stereocenters. The Bertz CT molecular complexity index is 1260. The molecule has 0 bridgehead atoms. The van der Waals surface area contributed by atoms with Crippen molar-refractivity contribution in [2.24, 2.45) is 0 Å². The quantitative estimate of drug-likeness (QED) is 0.489. The number of aromatic amines is 1. The van der Waals surface area contributed by atoms with Gasteiger partial charge in [-0.25, -0.2) is 0 Å². The molecule has 166 valence electrons. The number of hydrogen-bond donors (Lipinski definition) is 2. The van der Waals surface area contributed by atoms with Gasteiger partial charge in [-0.2, -0.15) is 15.4 Å². The summed E-state index contributed by atoms with van der Waals surface area (Å²) < 4.78 is 5.35. The van der Waals surface area contributed by atoms with E-state index in [0.717, 1.165) is 41.1 Å². The first-order valence-electron chi connectivity index (χ1n) is 11.0. The highest BCUT2D eigenvalue weighted by Crippen LogP contribution is 2.29. The summed E-state index contributed by atoms with van der Waals surface area (Å²) in [5.41, 5.74) is 6.29. The molecule has 33 heavy (non-hydrogen) atoms. The lowest BCUT2D eigenvalue weighted by atomic mass is 10.0. The Balaban J connectivity index is 1.37. The highest BCUT2D eigenvalue weighted by molar-refractivity contribution is 5.94. The molecule has 1 fully saturated rings. The van der Waals surface area contributed by atoms with Gasteiger partial charge in [0.05, 0.1) is 11.4 Å². The van der Waals surface area contributed by atoms with Crippen molar-refractivity contribution in [1.82, 2.24) is 30.7 Å². The molecule has 5 rings (SSSR count). The molecule has 0 radical (unpaired) electrons. The van der Waals surface area contributed by atoms with Crippen LogP contribution in [0.3, 0.4) is 0 Å². The number of hydrogen-bond acceptors (Lipinski definition) is 6. The third kappa shape index (κ3) is 4.65. The van der Waals surface area contributed by atoms with Gasteiger partial charge in [0.25, 0.3) is 5.91 Å². The van der Waals surface area contributed by atoms with Gasteiger partial charge in [-0.05, 0) is 56.2 Å². The third-order valence-electron chi connectivity index (χ3n) is 5.71. The minimum absolute atomic E-state index is 0.0620. The zero-order chi connectivity index (χ0) is 22.6. The van der Waals surface area contributed by atoms with Crippen LogP contribution in [-0.2, 0) is 4.74 Å². The summed E-state index contributed by atoms with van der Waals surface area (Å²) in [5.74, 6) is -0.0620. The molecule has 0 saturated carbocycles. The molecule has 4 aromatic rings. The average molecular weight is 441 g/mol. The molecular formula is C25H24N6O2. The van der Waals surface area contributed by atoms with Gasteiger partial charge in [-0.15, -0.1) is 0 Å². The first kappa shape index (κ1) is 21.0. The van der Waals surface area contributed by atoms with Crippen LogP contribution in [0.1, 0.15) is 28.9 Å². The van der Waals surface area contributed by atoms with Gasteiger partial charge in [0.15, 0.2) is 0 Å². The van der Waals surface area contributed by atoms with Gasteiger partial charge in [-0.3, -0.25) is 14.8 Å². The molecule has 2 N–H and O–H groups in total. The Hall–Kier alpha value is -3.91. The van der Waals surface area contributed by atoms with Crippen LogP contribution in [0, 0.1) is 6.92 Å². The summed E-state index contributed by atoms with van der Waals surface area (Å²) in [4.78, 5) is 21.7. The summed E-state index contributed by atoms with van der Waals surface area (Å²) in [6.45, 7) is 3.33. The predicted octanol–water partition coefficient (Wildman–Crippen LogP) is 3.81. The van der Waals surface area contributed by atoms with Gasteiger partial charge >= 0.3 is 0 Å². The molecule has 0 spiro atoms. The van der Waals surface area contributed by atoms with E-state index in [1.807, 2.05) is 61.5 Å². The first-order valence-corrected chi connectivity index (χ1v) is 11.0. The number of amides is 1. The molecule has 3 aromatic heterocycles. The van der Waals surface area contributed by atoms with Crippen LogP contribution in [0.2, 0.25) is 0 Å². The molecule has 1 aromatic carbocycles. The van der Waals surface area contributed by atoms with Gasteiger partial charge in [0, 0.05) is 47.8 Å². The second kappa shape index (κ2) is 9.30. The second-order valence-electron chi connectivity index (χ2n) is 8.05. The van der Waals surface area contributed by atoms with Crippen molar-refractivity contribution in [3.63, 3.8) is 0 Å². The van der Waals surface area contributed by atoms with Crippen LogP contribution in [0.5, 0.6) is 0 Å². The average Bonchev–Trinajstić information content (AvgIpc) is 3.35. The van der Waals surface area contributed by atoms with Gasteiger partial charge in [0.2, 0.25) is 0 Å². The maximum Gasteiger partial charge on any atom is 0.251 e. The maximum absolute atomic E-state index is 12.6. The standard InChI is InChI=1S/C25H24N6O2/c1-16-3-2-4-21(27-16)24-23(29-31-30-24)19-9-12-26-22(15-19)17-5-7-18(8-6-17)25(32)28-20-10-13-33-14-11-20/h2-9,12,15,20H,10-11,13-14H2,1H3,(H,28,32)(H,29,30,31). The van der Waals surface area contributed by atoms with Crippen LogP contribution < -0.4 is 5.32 Å². The van der Waals surface area contributed by atoms with Crippen LogP contribution >= 0.6 is 0 Å². The van der Waals surface area contributed by atoms with Crippen molar-refractivity contribution in [1.29, 1.82) is 0 Å². The molecule has 1 aliphatic rings. The van der Waals surface area contributed by atoms with Crippen molar-refractivity contribution >= 4 is 5.91 Å². The fourth-order valence-corrected chi connectivity index (χ4v) is 3.92. The van der Waals surface area contributed by atoms with Crippen molar-refractivity contribution in [2.75, 3.05) is 13.2 Å². The topological polar surface area (TPSA) is 106 Å². The van der Waals surface area contributed by atoms with Crippen molar-refractivity contribution < 1.29 is 9.53 Å². The van der Waals surface area contributed by atoms with E-state index in [4.69, 9.17) is 4.74 Å². The van der Waals surface area contributed by atoms with Crippen LogP contribution in [0.25, 0.3) is 33.9 Å². The van der Waals surface area contributed by atoms with E-state index in [-0.39, 0.29) is 11.9 Å². The molecule has 8 heteroatoms. The van der Waals surface area contributed by atoms with Gasteiger partial charge in [-0.1, -0.05) is 18.2 Å². The van der Waals surface area contributed by atoms with E-state index in [0.29, 0.717) is 30.2 Å². The Morgan fingerprint density at radius 1 is 0.970 bits per heavy atom. The monoisotopic (exact) mass is 440 g/mol. The molecule has 0 aliphatic carbocycles. The molecule has 4 heterocycles. The number of nitrogens with zero attached hydrogens (tertiary/aromatic N) is 4. The van der Waals surface area contributed by atoms with Gasteiger partial charge in [0.1, 0.15) is 11.4 Å². The van der Waals surface area contributed by atoms with Crippen molar-refractivity contribution in [3.8, 4) is 33.9 Å². The molecular weight excluding hydrogens is 416 g/mol. The fourth-order valence-electron chi connectivity index (χ4n) is 3.92. The van der Waals surface area contributed by atoms with E-state index in [1.165, 1.54) is 0 Å². The highest BCUT2D eigenvalue weighted by Gasteiger charge is 2.18. The molecule has 0 atom stereocenters. The summed E-state index contributed by atoms with van der Waals surface area (Å²) in [6, 6.07) is 17.3. The Morgan fingerprint density at radius 3 is 2.55 bits per heavy atom. The van der Waals surface area contributed by atoms with E-state index in [9.17, 15) is 4.79 Å². The first-order chi connectivity index (χ1) is 16.2. The van der Waals surface area contributed by atoms with Crippen LogP contribution in [-0.4, -0.2) is 50.5 Å². The summed E-state index contributed by atoms with van der Waals surface area (Å²) in [6.07, 6.45) is 3.45. The lowest BCUT2D eigenvalue weighted by Crippen LogP contribution is -2.38. The number of aromatic nitrogens is 5. The number of aryl methyl sites for hydroxylation is 1. The zero-order valence-corrected chi connectivity index (χ0v) is 18.3. The molecule has 1 saturated heterocycles. The zero-order valence-electron chi connectivity index (χ0n) is 18.3. The SMILES string of the molecule is Cc1cccc(-c2n[nH]nc2-c2ccnc(-c3ccc(C(=O)NC4CCOCC4)cc3)c2)n1. The highest BCUT2D eigenvalue weighted by atomic mass is 16.5. The number of carbonyl (C=O) groups excluding carboxylic acids is 1. The Labute approximate surface area is 191 Å². The number of ether oxygens (including phenoxy) is 1. The number of H-pyrrole nitrogens is 1. The minimum atomic E-state index is -0.0620. The minimum Gasteiger partial charge on any atom is -0.381 e. The van der Waals surface area contributed by atoms with E-state index in [1.54, 1.807) is 6.20 Å². The number of benzene rings is 1. The maximum atomic E-state index is 12.6. The third-order valence-corrected chi connectivity index (χ3v) is 5.71. The number of rotatable bonds is 5. The number of pyridine rings is 2. The Morgan fingerprint density at radius 2 is 1.76 bits per heavy atom. The van der Waals surface area contributed by atoms with Crippen LogP contribution in [0.15, 0.2) is 60.8 Å². The van der Waals surface area contributed by atoms with Gasteiger partial charge < -0.3 is 10.1 Å². The number of nitrogens with one attached hydrogen (secondary N) is 2. The Kier molecular flexibility index (Phi) is 5.91. The predicted molar refractivity (Wildman–Crippen MR) is 124 cm³/mol. The van der Waals surface area contributed by atoms with E-state index < -0.39 is 0 Å². The van der Waals surface area contributed by atoms with Crippen LogP contribution in [0.4, 0.5) is 0 Å². The smallest absolute Gasteiger partial charge is 0.251 e. The van der Waals surface area contributed by atoms with Crippen molar-refractivity contribution in [2.45, 2.75) is 25.8 Å². The normalized spacial score (nSPS) is 14.2. The lowest BCUT2D eigenvalue weighted by molar-refractivity contribution is 0.0696. The van der Waals surface area contributed by atoms with Crippen molar-refractivity contribution in [3.05, 3.63) is 72.1 Å². The van der Waals surface area contributed by atoms with E-state index in [2.05, 4.69) is 30.7 Å². The second-order valence-corrected chi connectivity index (χ2v) is 8.05. The fraction of sp³-hybridized carbons (Fsp3) is 0.240. The summed E-state index contributed by atoms with van der Waals surface area (Å²) in [7, 11) is 0. The summed E-state index contributed by atoms with van der Waals surface area (Å²) >= 11 is 0. The summed E-state index contributed by atoms with van der Waals surface area (Å²) in [5, 5.41) is 14.5.